The van der Waals surface area contributed by atoms with E-state index in [4.69, 9.17) is 9.47 Å². The number of benzene rings is 3. The molecular formula is C23H21NO3. The van der Waals surface area contributed by atoms with Crippen molar-refractivity contribution in [2.45, 2.75) is 0 Å². The van der Waals surface area contributed by atoms with Crippen molar-refractivity contribution in [1.82, 2.24) is 0 Å². The van der Waals surface area contributed by atoms with Gasteiger partial charge in [0.2, 0.25) is 0 Å². The molecule has 0 unspecified atom stereocenters. The second-order valence-electron chi connectivity index (χ2n) is 5.85. The van der Waals surface area contributed by atoms with Crippen molar-refractivity contribution < 1.29 is 14.3 Å². The van der Waals surface area contributed by atoms with Crippen LogP contribution in [0.25, 0.3) is 11.6 Å². The quantitative estimate of drug-likeness (QED) is 0.504. The molecule has 0 aromatic heterocycles. The zero-order valence-corrected chi connectivity index (χ0v) is 15.3. The third kappa shape index (κ3) is 4.55. The number of nitrogens with one attached hydrogen (secondary N) is 1. The van der Waals surface area contributed by atoms with Crippen LogP contribution < -0.4 is 14.8 Å². The first-order chi connectivity index (χ1) is 13.2. The van der Waals surface area contributed by atoms with Crippen molar-refractivity contribution >= 4 is 23.2 Å². The molecule has 0 fully saturated rings. The van der Waals surface area contributed by atoms with E-state index < -0.39 is 0 Å². The highest BCUT2D eigenvalue weighted by Gasteiger charge is 2.14. The summed E-state index contributed by atoms with van der Waals surface area (Å²) in [6.45, 7) is 0. The van der Waals surface area contributed by atoms with Gasteiger partial charge in [-0.15, -0.1) is 0 Å². The highest BCUT2D eigenvalue weighted by Crippen LogP contribution is 2.26. The summed E-state index contributed by atoms with van der Waals surface area (Å²) in [6, 6.07) is 24.5. The average Bonchev–Trinajstić information content (AvgIpc) is 2.73. The predicted molar refractivity (Wildman–Crippen MR) is 109 cm³/mol. The van der Waals surface area contributed by atoms with Crippen LogP contribution in [0, 0.1) is 0 Å². The lowest BCUT2D eigenvalue weighted by atomic mass is 10.0. The van der Waals surface area contributed by atoms with Crippen LogP contribution in [0.4, 0.5) is 5.69 Å². The Kier molecular flexibility index (Phi) is 5.90. The Balaban J connectivity index is 1.96. The molecule has 0 spiro atoms. The number of para-hydroxylation sites is 2. The summed E-state index contributed by atoms with van der Waals surface area (Å²) in [7, 11) is 3.21. The molecule has 0 aliphatic carbocycles. The largest absolute Gasteiger partial charge is 0.497 e. The number of hydrogen-bond acceptors (Lipinski definition) is 3. The molecule has 3 aromatic rings. The Morgan fingerprint density at radius 3 is 2.15 bits per heavy atom. The minimum Gasteiger partial charge on any atom is -0.497 e. The topological polar surface area (TPSA) is 47.6 Å². The maximum Gasteiger partial charge on any atom is 0.256 e. The van der Waals surface area contributed by atoms with Crippen LogP contribution in [0.15, 0.2) is 78.9 Å². The number of ether oxygens (including phenoxy) is 2. The average molecular weight is 359 g/mol. The van der Waals surface area contributed by atoms with Gasteiger partial charge in [0.15, 0.2) is 0 Å². The molecule has 136 valence electrons. The summed E-state index contributed by atoms with van der Waals surface area (Å²) in [4.78, 5) is 13.0. The van der Waals surface area contributed by atoms with E-state index in [0.29, 0.717) is 17.0 Å². The lowest BCUT2D eigenvalue weighted by Crippen LogP contribution is -2.14. The van der Waals surface area contributed by atoms with Gasteiger partial charge in [0.05, 0.1) is 19.9 Å². The fourth-order valence-electron chi connectivity index (χ4n) is 2.70. The van der Waals surface area contributed by atoms with Gasteiger partial charge in [0, 0.05) is 5.57 Å². The number of amides is 1. The van der Waals surface area contributed by atoms with Gasteiger partial charge in [-0.2, -0.15) is 0 Å². The van der Waals surface area contributed by atoms with Gasteiger partial charge in [-0.1, -0.05) is 54.6 Å². The van der Waals surface area contributed by atoms with Gasteiger partial charge in [-0.3, -0.25) is 4.79 Å². The predicted octanol–water partition coefficient (Wildman–Crippen LogP) is 4.88. The maximum atomic E-state index is 13.0. The summed E-state index contributed by atoms with van der Waals surface area (Å²) >= 11 is 0. The van der Waals surface area contributed by atoms with E-state index in [-0.39, 0.29) is 5.91 Å². The Morgan fingerprint density at radius 1 is 0.815 bits per heavy atom. The molecule has 0 atom stereocenters. The van der Waals surface area contributed by atoms with Gasteiger partial charge in [-0.25, -0.2) is 0 Å². The van der Waals surface area contributed by atoms with E-state index in [1.165, 1.54) is 0 Å². The van der Waals surface area contributed by atoms with Crippen LogP contribution in [0.2, 0.25) is 0 Å². The number of anilines is 1. The number of hydrogen-bond donors (Lipinski definition) is 1. The minimum absolute atomic E-state index is 0.207. The molecule has 1 amide bonds. The van der Waals surface area contributed by atoms with Crippen molar-refractivity contribution in [3.05, 3.63) is 90.0 Å². The van der Waals surface area contributed by atoms with Gasteiger partial charge in [-0.05, 0) is 41.5 Å². The second-order valence-corrected chi connectivity index (χ2v) is 5.85. The van der Waals surface area contributed by atoms with E-state index >= 15 is 0 Å². The standard InChI is InChI=1S/C23H21NO3/c1-26-19-14-12-17(13-15-19)16-20(18-8-4-3-5-9-18)23(25)24-21-10-6-7-11-22(21)27-2/h3-16H,1-2H3,(H,24,25)/b20-16-. The van der Waals surface area contributed by atoms with E-state index in [1.54, 1.807) is 14.2 Å². The molecule has 0 radical (unpaired) electrons. The van der Waals surface area contributed by atoms with E-state index in [2.05, 4.69) is 5.32 Å². The molecule has 0 aliphatic heterocycles. The molecule has 27 heavy (non-hydrogen) atoms. The molecule has 0 bridgehead atoms. The smallest absolute Gasteiger partial charge is 0.256 e. The first kappa shape index (κ1) is 18.3. The summed E-state index contributed by atoms with van der Waals surface area (Å²) in [6.07, 6.45) is 1.86. The molecular weight excluding hydrogens is 338 g/mol. The molecule has 1 N–H and O–H groups in total. The van der Waals surface area contributed by atoms with Crippen LogP contribution in [0.1, 0.15) is 11.1 Å². The SMILES string of the molecule is COc1ccc(/C=C(\C(=O)Nc2ccccc2OC)c2ccccc2)cc1. The zero-order chi connectivity index (χ0) is 19.1. The Morgan fingerprint density at radius 2 is 1.48 bits per heavy atom. The fourth-order valence-corrected chi connectivity index (χ4v) is 2.70. The first-order valence-electron chi connectivity index (χ1n) is 8.57. The number of rotatable bonds is 6. The van der Waals surface area contributed by atoms with E-state index in [9.17, 15) is 4.79 Å². The maximum absolute atomic E-state index is 13.0. The fraction of sp³-hybridized carbons (Fsp3) is 0.0870. The van der Waals surface area contributed by atoms with Gasteiger partial charge >= 0.3 is 0 Å². The van der Waals surface area contributed by atoms with Crippen LogP contribution in [-0.4, -0.2) is 20.1 Å². The van der Waals surface area contributed by atoms with Gasteiger partial charge in [0.1, 0.15) is 11.5 Å². The second kappa shape index (κ2) is 8.72. The summed E-state index contributed by atoms with van der Waals surface area (Å²) in [5, 5.41) is 2.95. The van der Waals surface area contributed by atoms with Crippen molar-refractivity contribution in [1.29, 1.82) is 0 Å². The number of carbonyl (C=O) groups is 1. The van der Waals surface area contributed by atoms with Crippen LogP contribution in [0.5, 0.6) is 11.5 Å². The lowest BCUT2D eigenvalue weighted by Gasteiger charge is -2.12. The van der Waals surface area contributed by atoms with Crippen molar-refractivity contribution in [3.63, 3.8) is 0 Å². The van der Waals surface area contributed by atoms with Crippen molar-refractivity contribution in [3.8, 4) is 11.5 Å². The first-order valence-corrected chi connectivity index (χ1v) is 8.57. The molecule has 0 heterocycles. The Hall–Kier alpha value is -3.53. The third-order valence-electron chi connectivity index (χ3n) is 4.11. The highest BCUT2D eigenvalue weighted by molar-refractivity contribution is 6.29. The van der Waals surface area contributed by atoms with Crippen molar-refractivity contribution in [2.24, 2.45) is 0 Å². The summed E-state index contributed by atoms with van der Waals surface area (Å²) in [5.41, 5.74) is 2.93. The van der Waals surface area contributed by atoms with Crippen LogP contribution in [-0.2, 0) is 4.79 Å². The molecule has 0 saturated carbocycles. The lowest BCUT2D eigenvalue weighted by molar-refractivity contribution is -0.111. The minimum atomic E-state index is -0.207. The molecule has 4 nitrogen and oxygen atoms in total. The molecule has 0 saturated heterocycles. The van der Waals surface area contributed by atoms with Crippen molar-refractivity contribution in [2.75, 3.05) is 19.5 Å². The summed E-state index contributed by atoms with van der Waals surface area (Å²) < 4.78 is 10.5. The molecule has 4 heteroatoms. The third-order valence-corrected chi connectivity index (χ3v) is 4.11. The van der Waals surface area contributed by atoms with Gasteiger partial charge < -0.3 is 14.8 Å². The molecule has 0 aliphatic rings. The van der Waals surface area contributed by atoms with E-state index in [0.717, 1.165) is 16.9 Å². The molecule has 3 rings (SSSR count). The normalized spacial score (nSPS) is 11.0. The van der Waals surface area contributed by atoms with Gasteiger partial charge in [0.25, 0.3) is 5.91 Å². The highest BCUT2D eigenvalue weighted by atomic mass is 16.5. The Labute approximate surface area is 159 Å². The monoisotopic (exact) mass is 359 g/mol. The zero-order valence-electron chi connectivity index (χ0n) is 15.3. The van der Waals surface area contributed by atoms with E-state index in [1.807, 2.05) is 84.9 Å². The van der Waals surface area contributed by atoms with Crippen LogP contribution in [0.3, 0.4) is 0 Å². The summed E-state index contributed by atoms with van der Waals surface area (Å²) in [5.74, 6) is 1.18. The Bertz CT molecular complexity index is 931. The number of carbonyl (C=O) groups excluding carboxylic acids is 1. The number of methoxy groups -OCH3 is 2. The molecule has 3 aromatic carbocycles. The van der Waals surface area contributed by atoms with Crippen LogP contribution >= 0.6 is 0 Å².